The summed E-state index contributed by atoms with van der Waals surface area (Å²) in [6.07, 6.45) is 7.78. The molecule has 0 saturated carbocycles. The molecule has 0 aliphatic rings. The summed E-state index contributed by atoms with van der Waals surface area (Å²) in [5.41, 5.74) is 2.28. The van der Waals surface area contributed by atoms with Crippen LogP contribution in [0.5, 0.6) is 5.75 Å². The maximum absolute atomic E-state index is 11.3. The van der Waals surface area contributed by atoms with Gasteiger partial charge in [-0.2, -0.15) is 0 Å². The first-order chi connectivity index (χ1) is 16.9. The Bertz CT molecular complexity index is 1290. The van der Waals surface area contributed by atoms with E-state index < -0.39 is 11.6 Å². The lowest BCUT2D eigenvalue weighted by atomic mass is 10.1. The Morgan fingerprint density at radius 1 is 0.943 bits per heavy atom. The normalized spacial score (nSPS) is 11.9. The Hall–Kier alpha value is -3.34. The number of carboxylic acids is 1. The highest BCUT2D eigenvalue weighted by Gasteiger charge is 2.29. The predicted molar refractivity (Wildman–Crippen MR) is 142 cm³/mol. The van der Waals surface area contributed by atoms with E-state index >= 15 is 0 Å². The molecular weight excluding hydrogens is 436 g/mol. The molecule has 35 heavy (non-hydrogen) atoms. The fourth-order valence-corrected chi connectivity index (χ4v) is 4.51. The fourth-order valence-electron chi connectivity index (χ4n) is 4.51. The van der Waals surface area contributed by atoms with Crippen LogP contribution in [0.2, 0.25) is 0 Å². The topological polar surface area (TPSA) is 64.3 Å². The van der Waals surface area contributed by atoms with Crippen molar-refractivity contribution in [1.29, 1.82) is 0 Å². The Morgan fingerprint density at radius 2 is 1.66 bits per heavy atom. The van der Waals surface area contributed by atoms with Gasteiger partial charge in [-0.25, -0.2) is 9.78 Å². The molecule has 0 fully saturated rings. The number of aliphatic carboxylic acids is 1. The lowest BCUT2D eigenvalue weighted by Crippen LogP contribution is -2.37. The van der Waals surface area contributed by atoms with Gasteiger partial charge in [0.25, 0.3) is 0 Å². The lowest BCUT2D eigenvalue weighted by molar-refractivity contribution is -0.152. The summed E-state index contributed by atoms with van der Waals surface area (Å²) in [6, 6.07) is 20.8. The van der Waals surface area contributed by atoms with Crippen LogP contribution in [0.15, 0.2) is 60.7 Å². The molecule has 184 valence electrons. The zero-order valence-corrected chi connectivity index (χ0v) is 21.1. The molecule has 5 heteroatoms. The van der Waals surface area contributed by atoms with E-state index in [1.807, 2.05) is 24.3 Å². The van der Waals surface area contributed by atoms with Crippen molar-refractivity contribution in [1.82, 2.24) is 9.55 Å². The Kier molecular flexibility index (Phi) is 7.74. The summed E-state index contributed by atoms with van der Waals surface area (Å²) in [6.45, 7) is 6.37. The van der Waals surface area contributed by atoms with Crippen molar-refractivity contribution in [3.8, 4) is 5.75 Å². The number of aromatic nitrogens is 2. The number of rotatable bonds is 12. The van der Waals surface area contributed by atoms with Gasteiger partial charge in [0.05, 0.1) is 11.0 Å². The molecule has 0 amide bonds. The number of hydrogen-bond donors (Lipinski definition) is 1. The number of carboxylic acid groups (broad SMARTS) is 1. The molecule has 0 aliphatic heterocycles. The zero-order chi connectivity index (χ0) is 24.8. The van der Waals surface area contributed by atoms with Gasteiger partial charge in [0.15, 0.2) is 5.60 Å². The number of hydrogen-bond acceptors (Lipinski definition) is 3. The van der Waals surface area contributed by atoms with Gasteiger partial charge in [-0.15, -0.1) is 0 Å². The van der Waals surface area contributed by atoms with Crippen molar-refractivity contribution in [3.05, 3.63) is 72.1 Å². The average Bonchev–Trinajstić information content (AvgIpc) is 3.17. The molecule has 4 aromatic rings. The third-order valence-electron chi connectivity index (χ3n) is 6.61. The number of fused-ring (bicyclic) bond motifs is 2. The summed E-state index contributed by atoms with van der Waals surface area (Å²) in [5.74, 6) is 0.754. The second kappa shape index (κ2) is 10.9. The Morgan fingerprint density at radius 3 is 2.34 bits per heavy atom. The molecule has 1 heterocycles. The van der Waals surface area contributed by atoms with Crippen LogP contribution in [-0.4, -0.2) is 26.2 Å². The number of imidazole rings is 1. The third-order valence-corrected chi connectivity index (χ3v) is 6.61. The largest absolute Gasteiger partial charge is 0.478 e. The zero-order valence-electron chi connectivity index (χ0n) is 21.1. The number of benzene rings is 3. The fraction of sp³-hybridized carbons (Fsp3) is 0.400. The number of ether oxygens (including phenoxy) is 1. The average molecular weight is 473 g/mol. The Labute approximate surface area is 207 Å². The molecule has 0 aliphatic carbocycles. The van der Waals surface area contributed by atoms with E-state index in [1.165, 1.54) is 47.5 Å². The molecule has 0 unspecified atom stereocenters. The van der Waals surface area contributed by atoms with E-state index in [4.69, 9.17) is 9.72 Å². The first-order valence-electron chi connectivity index (χ1n) is 12.8. The molecule has 1 aromatic heterocycles. The van der Waals surface area contributed by atoms with Gasteiger partial charge < -0.3 is 14.4 Å². The van der Waals surface area contributed by atoms with E-state index in [-0.39, 0.29) is 0 Å². The summed E-state index contributed by atoms with van der Waals surface area (Å²) in [4.78, 5) is 16.3. The van der Waals surface area contributed by atoms with Crippen molar-refractivity contribution in [3.63, 3.8) is 0 Å². The van der Waals surface area contributed by atoms with E-state index in [0.29, 0.717) is 5.75 Å². The monoisotopic (exact) mass is 472 g/mol. The smallest absolute Gasteiger partial charge is 0.347 e. The van der Waals surface area contributed by atoms with Crippen molar-refractivity contribution < 1.29 is 14.6 Å². The van der Waals surface area contributed by atoms with Gasteiger partial charge in [-0.3, -0.25) is 0 Å². The Balaban J connectivity index is 1.47. The molecule has 3 aromatic carbocycles. The van der Waals surface area contributed by atoms with E-state index in [9.17, 15) is 9.90 Å². The minimum atomic E-state index is -1.25. The molecule has 5 nitrogen and oxygen atoms in total. The predicted octanol–water partition coefficient (Wildman–Crippen LogP) is 7.19. The summed E-state index contributed by atoms with van der Waals surface area (Å²) < 4.78 is 8.05. The van der Waals surface area contributed by atoms with Gasteiger partial charge in [-0.05, 0) is 73.7 Å². The highest BCUT2D eigenvalue weighted by Crippen LogP contribution is 2.26. The maximum Gasteiger partial charge on any atom is 0.347 e. The van der Waals surface area contributed by atoms with Crippen LogP contribution >= 0.6 is 0 Å². The van der Waals surface area contributed by atoms with Gasteiger partial charge in [0.1, 0.15) is 11.6 Å². The molecule has 0 spiro atoms. The first-order valence-corrected chi connectivity index (χ1v) is 12.8. The van der Waals surface area contributed by atoms with E-state index in [1.54, 1.807) is 13.8 Å². The summed E-state index contributed by atoms with van der Waals surface area (Å²) in [5, 5.41) is 11.8. The molecular formula is C30H36N2O3. The van der Waals surface area contributed by atoms with Crippen molar-refractivity contribution in [2.75, 3.05) is 0 Å². The lowest BCUT2D eigenvalue weighted by Gasteiger charge is -2.21. The summed E-state index contributed by atoms with van der Waals surface area (Å²) in [7, 11) is 0. The van der Waals surface area contributed by atoms with Crippen LogP contribution in [0.3, 0.4) is 0 Å². The highest BCUT2D eigenvalue weighted by molar-refractivity contribution is 5.95. The summed E-state index contributed by atoms with van der Waals surface area (Å²) >= 11 is 0. The van der Waals surface area contributed by atoms with Crippen LogP contribution in [0.25, 0.3) is 21.8 Å². The van der Waals surface area contributed by atoms with E-state index in [0.717, 1.165) is 37.1 Å². The quantitative estimate of drug-likeness (QED) is 0.222. The number of nitrogens with zero attached hydrogens (tertiary/aromatic N) is 2. The molecule has 1 N–H and O–H groups in total. The van der Waals surface area contributed by atoms with E-state index in [2.05, 4.69) is 47.9 Å². The van der Waals surface area contributed by atoms with Gasteiger partial charge in [0, 0.05) is 13.0 Å². The molecule has 0 saturated heterocycles. The minimum absolute atomic E-state index is 0.571. The highest BCUT2D eigenvalue weighted by atomic mass is 16.5. The minimum Gasteiger partial charge on any atom is -0.478 e. The van der Waals surface area contributed by atoms with Crippen molar-refractivity contribution in [2.24, 2.45) is 0 Å². The second-order valence-corrected chi connectivity index (χ2v) is 9.84. The maximum atomic E-state index is 11.3. The second-order valence-electron chi connectivity index (χ2n) is 9.84. The molecule has 0 radical (unpaired) electrons. The molecule has 0 atom stereocenters. The first kappa shape index (κ1) is 24.8. The number of unbranched alkanes of at least 4 members (excludes halogenated alkanes) is 3. The van der Waals surface area contributed by atoms with Crippen LogP contribution in [0, 0.1) is 0 Å². The third kappa shape index (κ3) is 6.02. The number of carbonyl (C=O) groups is 1. The van der Waals surface area contributed by atoms with Crippen LogP contribution < -0.4 is 4.74 Å². The van der Waals surface area contributed by atoms with Gasteiger partial charge in [-0.1, -0.05) is 62.6 Å². The number of aryl methyl sites for hydroxylation is 3. The molecule has 4 rings (SSSR count). The van der Waals surface area contributed by atoms with Gasteiger partial charge >= 0.3 is 5.97 Å². The van der Waals surface area contributed by atoms with Crippen molar-refractivity contribution >= 4 is 27.8 Å². The van der Waals surface area contributed by atoms with Crippen LogP contribution in [0.1, 0.15) is 64.3 Å². The van der Waals surface area contributed by atoms with Gasteiger partial charge in [0.2, 0.25) is 0 Å². The standard InChI is InChI=1S/C30H36N2O3/c1-4-5-6-9-19-32-27-21-24-13-8-7-12-23(24)20-26(27)31-28(32)14-10-11-22-15-17-25(18-16-22)35-30(2,3)29(33)34/h7-8,12-13,15-18,20-21H,4-6,9-11,14,19H2,1-3H3,(H,33,34). The van der Waals surface area contributed by atoms with Crippen LogP contribution in [-0.2, 0) is 24.2 Å². The SMILES string of the molecule is CCCCCCn1c(CCCc2ccc(OC(C)(C)C(=O)O)cc2)nc2cc3ccccc3cc21. The van der Waals surface area contributed by atoms with Crippen molar-refractivity contribution in [2.45, 2.75) is 77.9 Å². The molecule has 0 bridgehead atoms. The van der Waals surface area contributed by atoms with Crippen LogP contribution in [0.4, 0.5) is 0 Å².